The van der Waals surface area contributed by atoms with Gasteiger partial charge in [-0.3, -0.25) is 4.79 Å². The van der Waals surface area contributed by atoms with Gasteiger partial charge in [0.2, 0.25) is 5.71 Å². The van der Waals surface area contributed by atoms with Crippen LogP contribution in [-0.2, 0) is 6.54 Å². The van der Waals surface area contributed by atoms with Gasteiger partial charge < -0.3 is 24.9 Å². The molecule has 9 heteroatoms. The standard InChI is InChI=1S/C24H23N7O2/c1-30-8-10-31(11-9-30)15-2-5-20(26-12-15)29-19-4-3-16(18-13-27-23(32)21(18)19)17-6-7-25-24-22(17)28-14-33-24/h2-7,12,14H,8-11,13H2,1H3,(H,26,29)(H,27,32). The highest BCUT2D eigenvalue weighted by molar-refractivity contribution is 6.07. The molecule has 1 aromatic carbocycles. The zero-order valence-corrected chi connectivity index (χ0v) is 18.2. The minimum absolute atomic E-state index is 0.103. The molecule has 1 saturated heterocycles. The minimum Gasteiger partial charge on any atom is -0.425 e. The molecule has 0 aliphatic carbocycles. The van der Waals surface area contributed by atoms with Crippen molar-refractivity contribution >= 4 is 34.3 Å². The van der Waals surface area contributed by atoms with E-state index in [2.05, 4.69) is 48.5 Å². The number of likely N-dealkylation sites (N-methyl/N-ethyl adjacent to an activating group) is 1. The molecular formula is C24H23N7O2. The lowest BCUT2D eigenvalue weighted by atomic mass is 9.95. The number of fused-ring (bicyclic) bond motifs is 2. The van der Waals surface area contributed by atoms with E-state index in [4.69, 9.17) is 4.42 Å². The topological polar surface area (TPSA) is 99.4 Å². The van der Waals surface area contributed by atoms with Gasteiger partial charge in [0.15, 0.2) is 6.39 Å². The van der Waals surface area contributed by atoms with Crippen LogP contribution in [0.1, 0.15) is 15.9 Å². The fraction of sp³-hybridized carbons (Fsp3) is 0.250. The second-order valence-electron chi connectivity index (χ2n) is 8.38. The van der Waals surface area contributed by atoms with Crippen LogP contribution in [0.25, 0.3) is 22.4 Å². The number of oxazole rings is 1. The molecule has 0 bridgehead atoms. The van der Waals surface area contributed by atoms with Gasteiger partial charge in [-0.25, -0.2) is 15.0 Å². The molecule has 5 heterocycles. The Morgan fingerprint density at radius 1 is 1.00 bits per heavy atom. The average molecular weight is 441 g/mol. The molecular weight excluding hydrogens is 418 g/mol. The van der Waals surface area contributed by atoms with E-state index in [1.165, 1.54) is 6.39 Å². The summed E-state index contributed by atoms with van der Waals surface area (Å²) in [5, 5.41) is 6.29. The van der Waals surface area contributed by atoms with Crippen molar-refractivity contribution in [2.24, 2.45) is 0 Å². The lowest BCUT2D eigenvalue weighted by molar-refractivity contribution is 0.0966. The maximum atomic E-state index is 12.7. The SMILES string of the molecule is CN1CCN(c2ccc(Nc3ccc(-c4ccnc5ocnc45)c4c3C(=O)NC4)nc2)CC1. The third-order valence-corrected chi connectivity index (χ3v) is 6.37. The molecule has 0 radical (unpaired) electrons. The molecule has 2 aliphatic heterocycles. The number of hydrogen-bond acceptors (Lipinski definition) is 8. The van der Waals surface area contributed by atoms with Crippen LogP contribution in [0.4, 0.5) is 17.2 Å². The molecule has 9 nitrogen and oxygen atoms in total. The Balaban J connectivity index is 1.31. The molecule has 1 fully saturated rings. The van der Waals surface area contributed by atoms with Gasteiger partial charge in [-0.2, -0.15) is 0 Å². The third kappa shape index (κ3) is 3.46. The van der Waals surface area contributed by atoms with E-state index in [0.717, 1.165) is 54.2 Å². The van der Waals surface area contributed by atoms with Gasteiger partial charge in [0, 0.05) is 44.5 Å². The normalized spacial score (nSPS) is 16.2. The van der Waals surface area contributed by atoms with E-state index in [1.807, 2.05) is 30.5 Å². The highest BCUT2D eigenvalue weighted by atomic mass is 16.3. The van der Waals surface area contributed by atoms with Crippen molar-refractivity contribution in [2.75, 3.05) is 43.4 Å². The molecule has 2 aliphatic rings. The summed E-state index contributed by atoms with van der Waals surface area (Å²) in [5.74, 6) is 0.596. The fourth-order valence-corrected chi connectivity index (χ4v) is 4.55. The lowest BCUT2D eigenvalue weighted by Crippen LogP contribution is -2.44. The number of aromatic nitrogens is 3. The fourth-order valence-electron chi connectivity index (χ4n) is 4.55. The third-order valence-electron chi connectivity index (χ3n) is 6.37. The first-order valence-corrected chi connectivity index (χ1v) is 11.0. The van der Waals surface area contributed by atoms with Crippen molar-refractivity contribution in [1.82, 2.24) is 25.2 Å². The Morgan fingerprint density at radius 3 is 2.70 bits per heavy atom. The van der Waals surface area contributed by atoms with Crippen LogP contribution in [0.15, 0.2) is 53.5 Å². The van der Waals surface area contributed by atoms with Gasteiger partial charge >= 0.3 is 0 Å². The largest absolute Gasteiger partial charge is 0.425 e. The van der Waals surface area contributed by atoms with Crippen molar-refractivity contribution in [1.29, 1.82) is 0 Å². The molecule has 0 atom stereocenters. The summed E-state index contributed by atoms with van der Waals surface area (Å²) in [6, 6.07) is 9.86. The highest BCUT2D eigenvalue weighted by Crippen LogP contribution is 2.37. The number of carbonyl (C=O) groups excluding carboxylic acids is 1. The quantitative estimate of drug-likeness (QED) is 0.499. The molecule has 0 saturated carbocycles. The minimum atomic E-state index is -0.103. The van der Waals surface area contributed by atoms with Gasteiger partial charge in [-0.1, -0.05) is 6.07 Å². The molecule has 0 spiro atoms. The van der Waals surface area contributed by atoms with Crippen LogP contribution in [-0.4, -0.2) is 59.0 Å². The van der Waals surface area contributed by atoms with Gasteiger partial charge in [-0.05, 0) is 42.4 Å². The summed E-state index contributed by atoms with van der Waals surface area (Å²) in [6.45, 7) is 4.54. The monoisotopic (exact) mass is 441 g/mol. The predicted octanol–water partition coefficient (Wildman–Crippen LogP) is 3.02. The van der Waals surface area contributed by atoms with E-state index < -0.39 is 0 Å². The van der Waals surface area contributed by atoms with E-state index in [0.29, 0.717) is 29.2 Å². The van der Waals surface area contributed by atoms with Crippen molar-refractivity contribution in [2.45, 2.75) is 6.54 Å². The van der Waals surface area contributed by atoms with E-state index in [9.17, 15) is 4.79 Å². The number of anilines is 3. The number of carbonyl (C=O) groups is 1. The maximum Gasteiger partial charge on any atom is 0.254 e. The summed E-state index contributed by atoms with van der Waals surface area (Å²) in [7, 11) is 2.14. The van der Waals surface area contributed by atoms with E-state index in [-0.39, 0.29) is 5.91 Å². The molecule has 4 aromatic rings. The van der Waals surface area contributed by atoms with Gasteiger partial charge in [0.25, 0.3) is 5.91 Å². The Bertz CT molecular complexity index is 1340. The first-order chi connectivity index (χ1) is 16.2. The second-order valence-corrected chi connectivity index (χ2v) is 8.38. The number of amides is 1. The molecule has 6 rings (SSSR count). The predicted molar refractivity (Wildman–Crippen MR) is 126 cm³/mol. The van der Waals surface area contributed by atoms with Crippen LogP contribution < -0.4 is 15.5 Å². The average Bonchev–Trinajstić information content (AvgIpc) is 3.48. The van der Waals surface area contributed by atoms with Crippen LogP contribution in [0.2, 0.25) is 0 Å². The van der Waals surface area contributed by atoms with E-state index in [1.54, 1.807) is 6.20 Å². The number of pyridine rings is 2. The van der Waals surface area contributed by atoms with Crippen molar-refractivity contribution in [3.8, 4) is 11.1 Å². The molecule has 33 heavy (non-hydrogen) atoms. The first-order valence-electron chi connectivity index (χ1n) is 11.0. The van der Waals surface area contributed by atoms with Crippen LogP contribution in [0, 0.1) is 0 Å². The van der Waals surface area contributed by atoms with Crippen molar-refractivity contribution < 1.29 is 9.21 Å². The zero-order valence-electron chi connectivity index (χ0n) is 18.2. The van der Waals surface area contributed by atoms with Gasteiger partial charge in [-0.15, -0.1) is 0 Å². The Hall–Kier alpha value is -3.98. The highest BCUT2D eigenvalue weighted by Gasteiger charge is 2.27. The Morgan fingerprint density at radius 2 is 1.88 bits per heavy atom. The van der Waals surface area contributed by atoms with Crippen LogP contribution >= 0.6 is 0 Å². The zero-order chi connectivity index (χ0) is 22.4. The number of nitrogens with zero attached hydrogens (tertiary/aromatic N) is 5. The molecule has 1 amide bonds. The molecule has 166 valence electrons. The van der Waals surface area contributed by atoms with Crippen molar-refractivity contribution in [3.05, 3.63) is 60.2 Å². The number of rotatable bonds is 4. The van der Waals surface area contributed by atoms with E-state index >= 15 is 0 Å². The van der Waals surface area contributed by atoms with Gasteiger partial charge in [0.05, 0.1) is 23.1 Å². The summed E-state index contributed by atoms with van der Waals surface area (Å²) in [4.78, 5) is 30.5. The second kappa shape index (κ2) is 7.86. The van der Waals surface area contributed by atoms with Crippen LogP contribution in [0.5, 0.6) is 0 Å². The molecule has 0 unspecified atom stereocenters. The summed E-state index contributed by atoms with van der Waals surface area (Å²) in [5.41, 5.74) is 6.39. The number of piperazine rings is 1. The van der Waals surface area contributed by atoms with Crippen molar-refractivity contribution in [3.63, 3.8) is 0 Å². The van der Waals surface area contributed by atoms with Gasteiger partial charge in [0.1, 0.15) is 11.3 Å². The summed E-state index contributed by atoms with van der Waals surface area (Å²) < 4.78 is 5.35. The Kier molecular flexibility index (Phi) is 4.69. The van der Waals surface area contributed by atoms with Crippen LogP contribution in [0.3, 0.4) is 0 Å². The lowest BCUT2D eigenvalue weighted by Gasteiger charge is -2.33. The summed E-state index contributed by atoms with van der Waals surface area (Å²) in [6.07, 6.45) is 4.97. The number of benzene rings is 1. The number of nitrogens with one attached hydrogen (secondary N) is 2. The number of hydrogen-bond donors (Lipinski definition) is 2. The first kappa shape index (κ1) is 19.7. The molecule has 2 N–H and O–H groups in total. The molecule has 3 aromatic heterocycles. The maximum absolute atomic E-state index is 12.7. The Labute approximate surface area is 190 Å². The smallest absolute Gasteiger partial charge is 0.254 e. The summed E-state index contributed by atoms with van der Waals surface area (Å²) >= 11 is 0.